The molecular weight excluding hydrogens is 496 g/mol. The van der Waals surface area contributed by atoms with Crippen molar-refractivity contribution in [3.63, 3.8) is 0 Å². The fourth-order valence-electron chi connectivity index (χ4n) is 5.09. The molecule has 0 aliphatic carbocycles. The predicted octanol–water partition coefficient (Wildman–Crippen LogP) is 4.55. The van der Waals surface area contributed by atoms with Crippen LogP contribution in [-0.4, -0.2) is 73.1 Å². The molecule has 39 heavy (non-hydrogen) atoms. The summed E-state index contributed by atoms with van der Waals surface area (Å²) in [5.74, 6) is 0.353. The van der Waals surface area contributed by atoms with Crippen LogP contribution in [0.3, 0.4) is 0 Å². The summed E-state index contributed by atoms with van der Waals surface area (Å²) in [6.07, 6.45) is 0. The Kier molecular flexibility index (Phi) is 7.95. The van der Waals surface area contributed by atoms with Gasteiger partial charge in [-0.3, -0.25) is 14.5 Å². The zero-order valence-electron chi connectivity index (χ0n) is 22.1. The number of nitrogens with zero attached hydrogens (tertiary/aromatic N) is 2. The highest BCUT2D eigenvalue weighted by atomic mass is 16.5. The van der Waals surface area contributed by atoms with Gasteiger partial charge in [0.2, 0.25) is 0 Å². The molecule has 1 amide bonds. The molecule has 3 aromatic carbocycles. The van der Waals surface area contributed by atoms with E-state index in [0.29, 0.717) is 54.7 Å². The van der Waals surface area contributed by atoms with Gasteiger partial charge in [-0.05, 0) is 60.5 Å². The first kappa shape index (κ1) is 26.5. The van der Waals surface area contributed by atoms with Gasteiger partial charge in [0, 0.05) is 31.7 Å². The fourth-order valence-corrected chi connectivity index (χ4v) is 5.09. The van der Waals surface area contributed by atoms with Gasteiger partial charge in [-0.2, -0.15) is 0 Å². The molecule has 1 atom stereocenters. The Morgan fingerprint density at radius 1 is 0.949 bits per heavy atom. The van der Waals surface area contributed by atoms with Gasteiger partial charge in [0.1, 0.15) is 23.0 Å². The number of hydrogen-bond donors (Lipinski definition) is 1. The number of rotatable bonds is 8. The number of likely N-dealkylation sites (tertiary alicyclic amines) is 1. The van der Waals surface area contributed by atoms with Crippen molar-refractivity contribution >= 4 is 17.4 Å². The van der Waals surface area contributed by atoms with Gasteiger partial charge in [0.15, 0.2) is 0 Å². The Labute approximate surface area is 228 Å². The van der Waals surface area contributed by atoms with Crippen molar-refractivity contribution in [3.8, 4) is 17.2 Å². The average molecular weight is 529 g/mol. The minimum Gasteiger partial charge on any atom is -0.507 e. The molecule has 2 aliphatic rings. The summed E-state index contributed by atoms with van der Waals surface area (Å²) >= 11 is 0. The van der Waals surface area contributed by atoms with Crippen LogP contribution in [0.1, 0.15) is 22.7 Å². The van der Waals surface area contributed by atoms with Crippen LogP contribution in [0, 0.1) is 6.92 Å². The second kappa shape index (κ2) is 11.7. The first-order chi connectivity index (χ1) is 19.0. The lowest BCUT2D eigenvalue weighted by Crippen LogP contribution is -2.42. The maximum atomic E-state index is 13.5. The zero-order chi connectivity index (χ0) is 27.4. The topological polar surface area (TPSA) is 88.5 Å². The number of benzene rings is 3. The van der Waals surface area contributed by atoms with Crippen molar-refractivity contribution in [2.45, 2.75) is 13.0 Å². The molecule has 202 valence electrons. The van der Waals surface area contributed by atoms with E-state index in [2.05, 4.69) is 4.90 Å². The summed E-state index contributed by atoms with van der Waals surface area (Å²) in [6.45, 7) is 5.58. The predicted molar refractivity (Wildman–Crippen MR) is 147 cm³/mol. The second-order valence-electron chi connectivity index (χ2n) is 9.62. The Balaban J connectivity index is 1.55. The van der Waals surface area contributed by atoms with E-state index >= 15 is 0 Å². The molecule has 2 saturated heterocycles. The summed E-state index contributed by atoms with van der Waals surface area (Å²) in [5.41, 5.74) is 1.99. The smallest absolute Gasteiger partial charge is 0.295 e. The number of methoxy groups -OCH3 is 1. The van der Waals surface area contributed by atoms with Crippen molar-refractivity contribution < 1.29 is 28.9 Å². The molecule has 0 radical (unpaired) electrons. The zero-order valence-corrected chi connectivity index (χ0v) is 22.1. The second-order valence-corrected chi connectivity index (χ2v) is 9.62. The van der Waals surface area contributed by atoms with Crippen molar-refractivity contribution in [1.29, 1.82) is 0 Å². The Hall–Kier alpha value is -4.14. The number of carbonyl (C=O) groups excluding carboxylic acids is 2. The van der Waals surface area contributed by atoms with E-state index in [1.807, 2.05) is 61.5 Å². The van der Waals surface area contributed by atoms with Crippen LogP contribution in [0.15, 0.2) is 78.4 Å². The van der Waals surface area contributed by atoms with Crippen LogP contribution in [0.4, 0.5) is 0 Å². The van der Waals surface area contributed by atoms with Crippen molar-refractivity contribution in [1.82, 2.24) is 9.80 Å². The van der Waals surface area contributed by atoms with Gasteiger partial charge < -0.3 is 24.2 Å². The quantitative estimate of drug-likeness (QED) is 0.261. The number of aryl methyl sites for hydroxylation is 1. The summed E-state index contributed by atoms with van der Waals surface area (Å²) in [7, 11) is 1.58. The maximum Gasteiger partial charge on any atom is 0.295 e. The number of Topliss-reactive ketones (excluding diaryl/α,β-unsaturated/α-hetero) is 1. The van der Waals surface area contributed by atoms with Gasteiger partial charge >= 0.3 is 0 Å². The lowest BCUT2D eigenvalue weighted by Gasteiger charge is -2.31. The van der Waals surface area contributed by atoms with E-state index in [1.165, 1.54) is 0 Å². The Morgan fingerprint density at radius 2 is 1.69 bits per heavy atom. The molecule has 0 saturated carbocycles. The third-order valence-electron chi connectivity index (χ3n) is 7.12. The number of aliphatic hydroxyl groups is 1. The minimum atomic E-state index is -0.771. The summed E-state index contributed by atoms with van der Waals surface area (Å²) in [6, 6.07) is 21.1. The maximum absolute atomic E-state index is 13.5. The van der Waals surface area contributed by atoms with Crippen LogP contribution < -0.4 is 9.47 Å². The third-order valence-corrected chi connectivity index (χ3v) is 7.12. The monoisotopic (exact) mass is 528 g/mol. The molecule has 0 spiro atoms. The number of ether oxygens (including phenoxy) is 3. The molecule has 1 N–H and O–H groups in total. The molecule has 2 aliphatic heterocycles. The first-order valence-corrected chi connectivity index (χ1v) is 13.0. The molecule has 0 bridgehead atoms. The summed E-state index contributed by atoms with van der Waals surface area (Å²) < 4.78 is 16.8. The van der Waals surface area contributed by atoms with Gasteiger partial charge in [0.25, 0.3) is 11.7 Å². The normalized spacial score (nSPS) is 19.3. The van der Waals surface area contributed by atoms with Crippen LogP contribution in [0.25, 0.3) is 5.76 Å². The van der Waals surface area contributed by atoms with Crippen LogP contribution in [0.5, 0.6) is 17.2 Å². The lowest BCUT2D eigenvalue weighted by molar-refractivity contribution is -0.140. The highest BCUT2D eigenvalue weighted by Crippen LogP contribution is 2.41. The SMILES string of the molecule is COc1ccc(C(O)=C2C(=O)C(=O)N(CCN3CCOCC3)[C@@H]2c2cccc(Oc3ccccc3)c2)cc1C. The van der Waals surface area contributed by atoms with Crippen molar-refractivity contribution in [3.05, 3.63) is 95.1 Å². The number of amides is 1. The first-order valence-electron chi connectivity index (χ1n) is 13.0. The fraction of sp³-hybridized carbons (Fsp3) is 0.290. The number of carbonyl (C=O) groups is 2. The molecule has 2 fully saturated rings. The van der Waals surface area contributed by atoms with E-state index in [0.717, 1.165) is 18.7 Å². The highest BCUT2D eigenvalue weighted by molar-refractivity contribution is 6.46. The molecule has 8 nitrogen and oxygen atoms in total. The standard InChI is InChI=1S/C31H32N2O6/c1-21-19-23(11-12-26(21)37-2)29(34)27-28(22-7-6-10-25(20-22)39-24-8-4-3-5-9-24)33(31(36)30(27)35)14-13-32-15-17-38-18-16-32/h3-12,19-20,28,34H,13-18H2,1-2H3/t28-/m1/s1. The molecular formula is C31H32N2O6. The molecule has 0 unspecified atom stereocenters. The Bertz CT molecular complexity index is 1380. The molecule has 5 rings (SSSR count). The largest absolute Gasteiger partial charge is 0.507 e. The minimum absolute atomic E-state index is 0.0587. The van der Waals surface area contributed by atoms with E-state index in [4.69, 9.17) is 14.2 Å². The summed E-state index contributed by atoms with van der Waals surface area (Å²) in [5, 5.41) is 11.4. The number of aliphatic hydroxyl groups excluding tert-OH is 1. The third kappa shape index (κ3) is 5.67. The number of ketones is 1. The van der Waals surface area contributed by atoms with Crippen LogP contribution >= 0.6 is 0 Å². The van der Waals surface area contributed by atoms with Crippen LogP contribution in [0.2, 0.25) is 0 Å². The Morgan fingerprint density at radius 3 is 2.41 bits per heavy atom. The van der Waals surface area contributed by atoms with Gasteiger partial charge in [-0.25, -0.2) is 0 Å². The number of para-hydroxylation sites is 1. The number of morpholine rings is 1. The van der Waals surface area contributed by atoms with Gasteiger partial charge in [-0.15, -0.1) is 0 Å². The highest BCUT2D eigenvalue weighted by Gasteiger charge is 2.46. The van der Waals surface area contributed by atoms with E-state index < -0.39 is 17.7 Å². The van der Waals surface area contributed by atoms with E-state index in [-0.39, 0.29) is 11.3 Å². The molecule has 0 aromatic heterocycles. The van der Waals surface area contributed by atoms with E-state index in [1.54, 1.807) is 30.2 Å². The van der Waals surface area contributed by atoms with Crippen molar-refractivity contribution in [2.24, 2.45) is 0 Å². The lowest BCUT2D eigenvalue weighted by atomic mass is 9.94. The van der Waals surface area contributed by atoms with Crippen LogP contribution in [-0.2, 0) is 14.3 Å². The molecule has 3 aromatic rings. The average Bonchev–Trinajstić information content (AvgIpc) is 3.22. The summed E-state index contributed by atoms with van der Waals surface area (Å²) in [4.78, 5) is 30.6. The number of hydrogen-bond acceptors (Lipinski definition) is 7. The molecule has 2 heterocycles. The van der Waals surface area contributed by atoms with Gasteiger partial charge in [-0.1, -0.05) is 30.3 Å². The molecule has 8 heteroatoms. The van der Waals surface area contributed by atoms with Crippen molar-refractivity contribution in [2.75, 3.05) is 46.5 Å². The van der Waals surface area contributed by atoms with E-state index in [9.17, 15) is 14.7 Å². The van der Waals surface area contributed by atoms with Gasteiger partial charge in [0.05, 0.1) is 31.9 Å².